The zero-order valence-electron chi connectivity index (χ0n) is 10.0. The lowest BCUT2D eigenvalue weighted by Gasteiger charge is -2.36. The van der Waals surface area contributed by atoms with Gasteiger partial charge in [0.15, 0.2) is 0 Å². The summed E-state index contributed by atoms with van der Waals surface area (Å²) in [6.45, 7) is 0. The summed E-state index contributed by atoms with van der Waals surface area (Å²) < 4.78 is 5.83. The van der Waals surface area contributed by atoms with Crippen LogP contribution in [-0.2, 0) is 0 Å². The Morgan fingerprint density at radius 1 is 1.33 bits per heavy atom. The maximum Gasteiger partial charge on any atom is 0.407 e. The minimum Gasteiger partial charge on any atom is -0.474 e. The van der Waals surface area contributed by atoms with E-state index in [1.807, 2.05) is 18.2 Å². The zero-order chi connectivity index (χ0) is 12.5. The van der Waals surface area contributed by atoms with Gasteiger partial charge in [-0.15, -0.1) is 0 Å². The molecule has 2 saturated heterocycles. The number of aromatic nitrogens is 1. The normalized spacial score (nSPS) is 30.2. The third-order valence-electron chi connectivity index (χ3n) is 3.84. The van der Waals surface area contributed by atoms with Crippen LogP contribution in [0.25, 0.3) is 0 Å². The summed E-state index contributed by atoms with van der Waals surface area (Å²) in [7, 11) is 0. The van der Waals surface area contributed by atoms with Crippen LogP contribution in [0.2, 0.25) is 0 Å². The minimum atomic E-state index is -0.793. The topological polar surface area (TPSA) is 62.7 Å². The molecule has 1 amide bonds. The van der Waals surface area contributed by atoms with Crippen LogP contribution in [0.5, 0.6) is 5.88 Å². The van der Waals surface area contributed by atoms with E-state index in [0.29, 0.717) is 5.88 Å². The molecular weight excluding hydrogens is 232 g/mol. The highest BCUT2D eigenvalue weighted by Gasteiger charge is 2.44. The van der Waals surface area contributed by atoms with Crippen molar-refractivity contribution in [3.05, 3.63) is 24.4 Å². The molecule has 1 aromatic heterocycles. The van der Waals surface area contributed by atoms with Crippen molar-refractivity contribution in [2.75, 3.05) is 0 Å². The summed E-state index contributed by atoms with van der Waals surface area (Å²) in [6, 6.07) is 5.82. The van der Waals surface area contributed by atoms with Gasteiger partial charge >= 0.3 is 6.09 Å². The van der Waals surface area contributed by atoms with Gasteiger partial charge in [-0.3, -0.25) is 0 Å². The molecule has 3 rings (SSSR count). The van der Waals surface area contributed by atoms with Crippen molar-refractivity contribution in [3.8, 4) is 5.88 Å². The number of carbonyl (C=O) groups is 1. The number of amides is 1. The molecule has 2 aliphatic rings. The number of nitrogens with zero attached hydrogens (tertiary/aromatic N) is 2. The Balaban J connectivity index is 1.67. The summed E-state index contributed by atoms with van der Waals surface area (Å²) >= 11 is 0. The summed E-state index contributed by atoms with van der Waals surface area (Å²) in [5.41, 5.74) is 0. The molecule has 1 aromatic rings. The Morgan fingerprint density at radius 2 is 2.06 bits per heavy atom. The largest absolute Gasteiger partial charge is 0.474 e. The van der Waals surface area contributed by atoms with Crippen molar-refractivity contribution in [1.29, 1.82) is 0 Å². The second kappa shape index (κ2) is 4.48. The van der Waals surface area contributed by atoms with Crippen molar-refractivity contribution in [3.63, 3.8) is 0 Å². The first-order valence-electron chi connectivity index (χ1n) is 6.33. The van der Waals surface area contributed by atoms with Gasteiger partial charge in [-0.25, -0.2) is 9.78 Å². The molecule has 0 aliphatic carbocycles. The van der Waals surface area contributed by atoms with Gasteiger partial charge in [-0.05, 0) is 18.9 Å². The quantitative estimate of drug-likeness (QED) is 0.871. The molecule has 3 atom stereocenters. The minimum absolute atomic E-state index is 0.0907. The molecule has 5 nitrogen and oxygen atoms in total. The van der Waals surface area contributed by atoms with Crippen LogP contribution in [0.1, 0.15) is 25.7 Å². The van der Waals surface area contributed by atoms with E-state index in [1.165, 1.54) is 0 Å². The van der Waals surface area contributed by atoms with Crippen LogP contribution in [0.3, 0.4) is 0 Å². The first-order valence-corrected chi connectivity index (χ1v) is 6.33. The molecule has 18 heavy (non-hydrogen) atoms. The van der Waals surface area contributed by atoms with Crippen molar-refractivity contribution >= 4 is 6.09 Å². The Kier molecular flexibility index (Phi) is 2.81. The second-order valence-corrected chi connectivity index (χ2v) is 4.95. The molecule has 0 unspecified atom stereocenters. The number of piperidine rings is 1. The van der Waals surface area contributed by atoms with Crippen LogP contribution in [-0.4, -0.2) is 39.3 Å². The second-order valence-electron chi connectivity index (χ2n) is 4.95. The number of hydrogen-bond acceptors (Lipinski definition) is 3. The number of carboxylic acid groups (broad SMARTS) is 1. The Hall–Kier alpha value is -1.78. The van der Waals surface area contributed by atoms with E-state index in [4.69, 9.17) is 9.84 Å². The maximum absolute atomic E-state index is 11.2. The smallest absolute Gasteiger partial charge is 0.407 e. The van der Waals surface area contributed by atoms with Gasteiger partial charge in [0.05, 0.1) is 0 Å². The van der Waals surface area contributed by atoms with E-state index in [9.17, 15) is 4.79 Å². The molecule has 0 saturated carbocycles. The SMILES string of the molecule is O=C(O)N1[C@@H]2CC[C@H]1C[C@@H](Oc1ccccn1)C2. The highest BCUT2D eigenvalue weighted by Crippen LogP contribution is 2.36. The lowest BCUT2D eigenvalue weighted by Crippen LogP contribution is -2.48. The number of ether oxygens (including phenoxy) is 1. The molecule has 2 aliphatic heterocycles. The monoisotopic (exact) mass is 248 g/mol. The lowest BCUT2D eigenvalue weighted by molar-refractivity contribution is 0.0477. The molecule has 2 fully saturated rings. The molecule has 0 spiro atoms. The highest BCUT2D eigenvalue weighted by atomic mass is 16.5. The van der Waals surface area contributed by atoms with E-state index in [1.54, 1.807) is 11.1 Å². The van der Waals surface area contributed by atoms with Gasteiger partial charge < -0.3 is 14.7 Å². The average molecular weight is 248 g/mol. The Labute approximate surface area is 105 Å². The van der Waals surface area contributed by atoms with Crippen LogP contribution < -0.4 is 4.74 Å². The van der Waals surface area contributed by atoms with Crippen LogP contribution in [0, 0.1) is 0 Å². The van der Waals surface area contributed by atoms with Crippen LogP contribution in [0.15, 0.2) is 24.4 Å². The number of fused-ring (bicyclic) bond motifs is 2. The number of rotatable bonds is 2. The third kappa shape index (κ3) is 2.00. The van der Waals surface area contributed by atoms with Crippen LogP contribution in [0.4, 0.5) is 4.79 Å². The zero-order valence-corrected chi connectivity index (χ0v) is 10.0. The third-order valence-corrected chi connectivity index (χ3v) is 3.84. The van der Waals surface area contributed by atoms with Gasteiger partial charge in [0, 0.05) is 37.2 Å². The van der Waals surface area contributed by atoms with Crippen molar-refractivity contribution < 1.29 is 14.6 Å². The fourth-order valence-corrected chi connectivity index (χ4v) is 3.12. The van der Waals surface area contributed by atoms with E-state index in [0.717, 1.165) is 25.7 Å². The van der Waals surface area contributed by atoms with E-state index < -0.39 is 6.09 Å². The van der Waals surface area contributed by atoms with Crippen molar-refractivity contribution in [2.45, 2.75) is 43.9 Å². The number of hydrogen-bond donors (Lipinski definition) is 1. The number of pyridine rings is 1. The van der Waals surface area contributed by atoms with E-state index in [-0.39, 0.29) is 18.2 Å². The van der Waals surface area contributed by atoms with Gasteiger partial charge in [-0.1, -0.05) is 6.07 Å². The molecular formula is C13H16N2O3. The summed E-state index contributed by atoms with van der Waals surface area (Å²) in [5.74, 6) is 0.630. The predicted molar refractivity (Wildman–Crippen MR) is 64.6 cm³/mol. The van der Waals surface area contributed by atoms with Crippen molar-refractivity contribution in [2.24, 2.45) is 0 Å². The Morgan fingerprint density at radius 3 is 2.61 bits per heavy atom. The summed E-state index contributed by atoms with van der Waals surface area (Å²) in [4.78, 5) is 16.9. The summed E-state index contributed by atoms with van der Waals surface area (Å²) in [5, 5.41) is 9.17. The predicted octanol–water partition coefficient (Wildman–Crippen LogP) is 2.13. The molecule has 0 radical (unpaired) electrons. The molecule has 2 bridgehead atoms. The first kappa shape index (κ1) is 11.3. The molecule has 0 aromatic carbocycles. The van der Waals surface area contributed by atoms with Gasteiger partial charge in [0.1, 0.15) is 6.10 Å². The fourth-order valence-electron chi connectivity index (χ4n) is 3.12. The van der Waals surface area contributed by atoms with Crippen molar-refractivity contribution in [1.82, 2.24) is 9.88 Å². The Bertz CT molecular complexity index is 423. The van der Waals surface area contributed by atoms with Crippen LogP contribution >= 0.6 is 0 Å². The fraction of sp³-hybridized carbons (Fsp3) is 0.538. The van der Waals surface area contributed by atoms with Gasteiger partial charge in [0.25, 0.3) is 0 Å². The molecule has 1 N–H and O–H groups in total. The van der Waals surface area contributed by atoms with Gasteiger partial charge in [-0.2, -0.15) is 0 Å². The van der Waals surface area contributed by atoms with E-state index >= 15 is 0 Å². The summed E-state index contributed by atoms with van der Waals surface area (Å²) in [6.07, 6.45) is 4.47. The molecule has 96 valence electrons. The van der Waals surface area contributed by atoms with E-state index in [2.05, 4.69) is 4.98 Å². The molecule has 3 heterocycles. The molecule has 5 heteroatoms. The van der Waals surface area contributed by atoms with Gasteiger partial charge in [0.2, 0.25) is 5.88 Å². The first-order chi connectivity index (χ1) is 8.74. The average Bonchev–Trinajstić information content (AvgIpc) is 2.63. The maximum atomic E-state index is 11.2. The standard InChI is InChI=1S/C13H16N2O3/c16-13(17)15-9-4-5-10(15)8-11(7-9)18-12-3-1-2-6-14-12/h1-3,6,9-11H,4-5,7-8H2,(H,16,17)/t9-,10+,11+. The lowest BCUT2D eigenvalue weighted by atomic mass is 10.0. The highest BCUT2D eigenvalue weighted by molar-refractivity contribution is 5.66.